The number of hydrogen-bond acceptors (Lipinski definition) is 4. The van der Waals surface area contributed by atoms with E-state index in [1.807, 2.05) is 13.1 Å². The van der Waals surface area contributed by atoms with Crippen LogP contribution in [0.5, 0.6) is 0 Å². The molecule has 0 fully saturated rings. The Morgan fingerprint density at radius 2 is 2.17 bits per heavy atom. The van der Waals surface area contributed by atoms with E-state index in [0.717, 1.165) is 18.8 Å². The highest BCUT2D eigenvalue weighted by Gasteiger charge is 2.24. The average molecular weight is 240 g/mol. The van der Waals surface area contributed by atoms with Crippen molar-refractivity contribution in [2.45, 2.75) is 12.3 Å². The summed E-state index contributed by atoms with van der Waals surface area (Å²) in [5, 5.41) is 6.31. The molecule has 0 bridgehead atoms. The van der Waals surface area contributed by atoms with E-state index in [1.54, 1.807) is 6.20 Å². The number of rotatable bonds is 4. The van der Waals surface area contributed by atoms with Crippen molar-refractivity contribution in [1.29, 1.82) is 0 Å². The van der Waals surface area contributed by atoms with E-state index in [1.165, 1.54) is 11.1 Å². The maximum atomic E-state index is 4.34. The number of nitrogens with one attached hydrogen (secondary N) is 2. The smallest absolute Gasteiger partial charge is 0.224 e. The van der Waals surface area contributed by atoms with Crippen molar-refractivity contribution in [3.05, 3.63) is 47.7 Å². The minimum absolute atomic E-state index is 0.606. The summed E-state index contributed by atoms with van der Waals surface area (Å²) in [4.78, 5) is 8.44. The topological polar surface area (TPSA) is 49.8 Å². The van der Waals surface area contributed by atoms with Crippen LogP contribution in [-0.4, -0.2) is 23.6 Å². The molecular formula is C14H16N4. The summed E-state index contributed by atoms with van der Waals surface area (Å²) in [6.07, 6.45) is 2.92. The van der Waals surface area contributed by atoms with Gasteiger partial charge in [-0.3, -0.25) is 0 Å². The van der Waals surface area contributed by atoms with Gasteiger partial charge in [-0.2, -0.15) is 4.98 Å². The highest BCUT2D eigenvalue weighted by atomic mass is 15.1. The second-order valence-electron chi connectivity index (χ2n) is 4.50. The maximum Gasteiger partial charge on any atom is 0.224 e. The van der Waals surface area contributed by atoms with Gasteiger partial charge in [0.1, 0.15) is 5.82 Å². The van der Waals surface area contributed by atoms with Crippen molar-refractivity contribution in [3.8, 4) is 0 Å². The maximum absolute atomic E-state index is 4.34. The molecular weight excluding hydrogens is 224 g/mol. The van der Waals surface area contributed by atoms with Gasteiger partial charge >= 0.3 is 0 Å². The number of benzene rings is 1. The molecule has 1 aromatic heterocycles. The van der Waals surface area contributed by atoms with E-state index in [4.69, 9.17) is 0 Å². The van der Waals surface area contributed by atoms with Crippen LogP contribution in [0.25, 0.3) is 0 Å². The number of aromatic nitrogens is 2. The highest BCUT2D eigenvalue weighted by molar-refractivity contribution is 5.44. The minimum atomic E-state index is 0.606. The summed E-state index contributed by atoms with van der Waals surface area (Å²) in [6, 6.07) is 10.5. The van der Waals surface area contributed by atoms with Gasteiger partial charge in [-0.1, -0.05) is 24.3 Å². The third-order valence-corrected chi connectivity index (χ3v) is 3.37. The van der Waals surface area contributed by atoms with Gasteiger partial charge in [0.2, 0.25) is 5.95 Å². The van der Waals surface area contributed by atoms with Gasteiger partial charge < -0.3 is 10.6 Å². The molecule has 0 saturated heterocycles. The molecule has 0 saturated carbocycles. The molecule has 1 heterocycles. The molecule has 3 rings (SSSR count). The van der Waals surface area contributed by atoms with Crippen molar-refractivity contribution in [3.63, 3.8) is 0 Å². The Hall–Kier alpha value is -2.10. The highest BCUT2D eigenvalue weighted by Crippen LogP contribution is 2.34. The quantitative estimate of drug-likeness (QED) is 0.860. The van der Waals surface area contributed by atoms with Crippen molar-refractivity contribution < 1.29 is 0 Å². The van der Waals surface area contributed by atoms with E-state index in [0.29, 0.717) is 11.9 Å². The zero-order valence-corrected chi connectivity index (χ0v) is 10.4. The molecule has 4 nitrogen and oxygen atoms in total. The van der Waals surface area contributed by atoms with Crippen molar-refractivity contribution >= 4 is 11.8 Å². The molecule has 0 amide bonds. The number of fused-ring (bicyclic) bond motifs is 1. The third-order valence-electron chi connectivity index (χ3n) is 3.37. The van der Waals surface area contributed by atoms with Crippen molar-refractivity contribution in [1.82, 2.24) is 9.97 Å². The second-order valence-corrected chi connectivity index (χ2v) is 4.50. The van der Waals surface area contributed by atoms with Crippen LogP contribution in [0.1, 0.15) is 17.0 Å². The molecule has 1 aliphatic carbocycles. The molecule has 92 valence electrons. The lowest BCUT2D eigenvalue weighted by Gasteiger charge is -2.30. The molecule has 0 radical (unpaired) electrons. The SMILES string of the molecule is CNc1nccc(NCC2Cc3ccccc32)n1. The minimum Gasteiger partial charge on any atom is -0.369 e. The Labute approximate surface area is 106 Å². The molecule has 1 aromatic carbocycles. The standard InChI is InChI=1S/C14H16N4/c1-15-14-16-7-6-13(18-14)17-9-11-8-10-4-2-3-5-12(10)11/h2-7,11H,8-9H2,1H3,(H2,15,16,17,18). The Morgan fingerprint density at radius 3 is 3.00 bits per heavy atom. The first kappa shape index (κ1) is 11.0. The van der Waals surface area contributed by atoms with Gasteiger partial charge in [-0.05, 0) is 23.6 Å². The summed E-state index contributed by atoms with van der Waals surface area (Å²) in [6.45, 7) is 0.928. The lowest BCUT2D eigenvalue weighted by Crippen LogP contribution is -2.24. The van der Waals surface area contributed by atoms with Crippen LogP contribution in [0.15, 0.2) is 36.5 Å². The van der Waals surface area contributed by atoms with Gasteiger partial charge in [0.05, 0.1) is 0 Å². The molecule has 1 unspecified atom stereocenters. The lowest BCUT2D eigenvalue weighted by atomic mass is 9.78. The lowest BCUT2D eigenvalue weighted by molar-refractivity contribution is 0.634. The molecule has 2 aromatic rings. The molecule has 4 heteroatoms. The summed E-state index contributed by atoms with van der Waals surface area (Å²) >= 11 is 0. The van der Waals surface area contributed by atoms with Crippen LogP contribution in [0, 0.1) is 0 Å². The molecule has 1 aliphatic rings. The number of nitrogens with zero attached hydrogens (tertiary/aromatic N) is 2. The van der Waals surface area contributed by atoms with Crippen LogP contribution in [-0.2, 0) is 6.42 Å². The first-order valence-electron chi connectivity index (χ1n) is 6.19. The van der Waals surface area contributed by atoms with E-state index in [-0.39, 0.29) is 0 Å². The fraction of sp³-hybridized carbons (Fsp3) is 0.286. The summed E-state index contributed by atoms with van der Waals surface area (Å²) in [7, 11) is 1.82. The van der Waals surface area contributed by atoms with E-state index >= 15 is 0 Å². The summed E-state index contributed by atoms with van der Waals surface area (Å²) < 4.78 is 0. The van der Waals surface area contributed by atoms with Crippen molar-refractivity contribution in [2.75, 3.05) is 24.2 Å². The zero-order valence-electron chi connectivity index (χ0n) is 10.4. The van der Waals surface area contributed by atoms with Gasteiger partial charge in [0.15, 0.2) is 0 Å². The third kappa shape index (κ3) is 2.01. The Kier molecular flexibility index (Phi) is 2.84. The molecule has 1 atom stereocenters. The second kappa shape index (κ2) is 4.64. The summed E-state index contributed by atoms with van der Waals surface area (Å²) in [5.74, 6) is 2.13. The predicted molar refractivity (Wildman–Crippen MR) is 73.0 cm³/mol. The van der Waals surface area contributed by atoms with Gasteiger partial charge in [-0.25, -0.2) is 4.98 Å². The largest absolute Gasteiger partial charge is 0.369 e. The Balaban J connectivity index is 1.63. The van der Waals surface area contributed by atoms with E-state index in [2.05, 4.69) is 44.9 Å². The molecule has 0 spiro atoms. The van der Waals surface area contributed by atoms with Crippen LogP contribution in [0.2, 0.25) is 0 Å². The van der Waals surface area contributed by atoms with E-state index < -0.39 is 0 Å². The van der Waals surface area contributed by atoms with Crippen LogP contribution < -0.4 is 10.6 Å². The Morgan fingerprint density at radius 1 is 1.28 bits per heavy atom. The predicted octanol–water partition coefficient (Wildman–Crippen LogP) is 2.27. The van der Waals surface area contributed by atoms with Crippen LogP contribution >= 0.6 is 0 Å². The molecule has 0 aliphatic heterocycles. The van der Waals surface area contributed by atoms with Crippen molar-refractivity contribution in [2.24, 2.45) is 0 Å². The number of anilines is 2. The monoisotopic (exact) mass is 240 g/mol. The average Bonchev–Trinajstić information content (AvgIpc) is 2.40. The van der Waals surface area contributed by atoms with Gasteiger partial charge in [0, 0.05) is 25.7 Å². The first-order valence-corrected chi connectivity index (χ1v) is 6.19. The molecule has 2 N–H and O–H groups in total. The van der Waals surface area contributed by atoms with Crippen LogP contribution in [0.4, 0.5) is 11.8 Å². The van der Waals surface area contributed by atoms with Gasteiger partial charge in [0.25, 0.3) is 0 Å². The number of hydrogen-bond donors (Lipinski definition) is 2. The summed E-state index contributed by atoms with van der Waals surface area (Å²) in [5.41, 5.74) is 2.94. The fourth-order valence-corrected chi connectivity index (χ4v) is 2.35. The van der Waals surface area contributed by atoms with Crippen LogP contribution in [0.3, 0.4) is 0 Å². The first-order chi connectivity index (χ1) is 8.86. The van der Waals surface area contributed by atoms with E-state index in [9.17, 15) is 0 Å². The zero-order chi connectivity index (χ0) is 12.4. The van der Waals surface area contributed by atoms with Gasteiger partial charge in [-0.15, -0.1) is 0 Å². The molecule has 18 heavy (non-hydrogen) atoms. The normalized spacial score (nSPS) is 16.6. The Bertz CT molecular complexity index is 553. The fourth-order valence-electron chi connectivity index (χ4n) is 2.35.